The van der Waals surface area contributed by atoms with Crippen molar-refractivity contribution < 1.29 is 14.1 Å². The molecule has 2 aromatic carbocycles. The third-order valence-electron chi connectivity index (χ3n) is 2.53. The van der Waals surface area contributed by atoms with Gasteiger partial charge in [-0.25, -0.2) is 4.39 Å². The standard InChI is InChI=1S/C13H9BrFN3O3/c14-7-3-9(18(19)20)6-10(4-7)21-12-2-1-8(15)5-11(12)13(16)17/h1-6H,(H3,16,17). The van der Waals surface area contributed by atoms with Crippen molar-refractivity contribution >= 4 is 27.5 Å². The summed E-state index contributed by atoms with van der Waals surface area (Å²) in [7, 11) is 0. The average molecular weight is 354 g/mol. The minimum absolute atomic E-state index is 0.0672. The van der Waals surface area contributed by atoms with Crippen molar-refractivity contribution in [3.8, 4) is 11.5 Å². The summed E-state index contributed by atoms with van der Waals surface area (Å²) in [5.41, 5.74) is 5.27. The summed E-state index contributed by atoms with van der Waals surface area (Å²) in [6, 6.07) is 7.57. The fourth-order valence-corrected chi connectivity index (χ4v) is 2.10. The van der Waals surface area contributed by atoms with Gasteiger partial charge >= 0.3 is 0 Å². The highest BCUT2D eigenvalue weighted by Gasteiger charge is 2.13. The van der Waals surface area contributed by atoms with Crippen LogP contribution in [-0.2, 0) is 0 Å². The molecule has 0 amide bonds. The Kier molecular flexibility index (Phi) is 4.18. The Morgan fingerprint density at radius 2 is 2.05 bits per heavy atom. The summed E-state index contributed by atoms with van der Waals surface area (Å²) in [4.78, 5) is 10.2. The van der Waals surface area contributed by atoms with Gasteiger partial charge in [0.1, 0.15) is 23.2 Å². The van der Waals surface area contributed by atoms with Crippen LogP contribution in [-0.4, -0.2) is 10.8 Å². The summed E-state index contributed by atoms with van der Waals surface area (Å²) < 4.78 is 19.1. The Labute approximate surface area is 127 Å². The summed E-state index contributed by atoms with van der Waals surface area (Å²) >= 11 is 3.14. The molecule has 0 bridgehead atoms. The molecule has 0 atom stereocenters. The zero-order chi connectivity index (χ0) is 15.6. The van der Waals surface area contributed by atoms with Gasteiger partial charge in [-0.2, -0.15) is 0 Å². The SMILES string of the molecule is N=C(N)c1cc(F)ccc1Oc1cc(Br)cc([N+](=O)[O-])c1. The Morgan fingerprint density at radius 1 is 1.33 bits per heavy atom. The molecule has 0 aliphatic heterocycles. The van der Waals surface area contributed by atoms with E-state index in [4.69, 9.17) is 15.9 Å². The van der Waals surface area contributed by atoms with Gasteiger partial charge < -0.3 is 10.5 Å². The number of nitrogens with two attached hydrogens (primary N) is 1. The number of non-ortho nitro benzene ring substituents is 1. The summed E-state index contributed by atoms with van der Waals surface area (Å²) in [6.45, 7) is 0. The van der Waals surface area contributed by atoms with Crippen LogP contribution in [0.2, 0.25) is 0 Å². The lowest BCUT2D eigenvalue weighted by Gasteiger charge is -2.10. The normalized spacial score (nSPS) is 10.2. The molecule has 6 nitrogen and oxygen atoms in total. The van der Waals surface area contributed by atoms with Crippen molar-refractivity contribution in [2.24, 2.45) is 5.73 Å². The minimum atomic E-state index is -0.562. The quantitative estimate of drug-likeness (QED) is 0.379. The molecule has 21 heavy (non-hydrogen) atoms. The van der Waals surface area contributed by atoms with E-state index in [1.165, 1.54) is 24.3 Å². The molecule has 0 spiro atoms. The molecular formula is C13H9BrFN3O3. The Morgan fingerprint density at radius 3 is 2.67 bits per heavy atom. The number of hydrogen-bond acceptors (Lipinski definition) is 4. The number of amidine groups is 1. The van der Waals surface area contributed by atoms with Gasteiger partial charge in [-0.15, -0.1) is 0 Å². The van der Waals surface area contributed by atoms with Crippen molar-refractivity contribution in [1.29, 1.82) is 5.41 Å². The molecule has 2 rings (SSSR count). The number of benzene rings is 2. The second-order valence-corrected chi connectivity index (χ2v) is 4.97. The second kappa shape index (κ2) is 5.88. The highest BCUT2D eigenvalue weighted by molar-refractivity contribution is 9.10. The van der Waals surface area contributed by atoms with E-state index >= 15 is 0 Å². The van der Waals surface area contributed by atoms with E-state index in [1.54, 1.807) is 0 Å². The van der Waals surface area contributed by atoms with Crippen LogP contribution in [0.4, 0.5) is 10.1 Å². The van der Waals surface area contributed by atoms with Crippen LogP contribution < -0.4 is 10.5 Å². The lowest BCUT2D eigenvalue weighted by molar-refractivity contribution is -0.385. The maximum absolute atomic E-state index is 13.2. The Balaban J connectivity index is 2.43. The first-order valence-electron chi connectivity index (χ1n) is 5.63. The van der Waals surface area contributed by atoms with Crippen LogP contribution in [0.5, 0.6) is 11.5 Å². The van der Waals surface area contributed by atoms with E-state index in [1.807, 2.05) is 0 Å². The molecule has 2 aromatic rings. The molecule has 3 N–H and O–H groups in total. The summed E-state index contributed by atoms with van der Waals surface area (Å²) in [5, 5.41) is 18.2. The van der Waals surface area contributed by atoms with Crippen molar-refractivity contribution in [1.82, 2.24) is 0 Å². The van der Waals surface area contributed by atoms with E-state index < -0.39 is 10.7 Å². The number of rotatable bonds is 4. The zero-order valence-corrected chi connectivity index (χ0v) is 12.1. The van der Waals surface area contributed by atoms with Gasteiger partial charge in [0, 0.05) is 10.5 Å². The van der Waals surface area contributed by atoms with Crippen LogP contribution >= 0.6 is 15.9 Å². The van der Waals surface area contributed by atoms with Gasteiger partial charge in [-0.1, -0.05) is 15.9 Å². The van der Waals surface area contributed by atoms with Crippen LogP contribution in [0.25, 0.3) is 0 Å². The first-order valence-corrected chi connectivity index (χ1v) is 6.43. The first kappa shape index (κ1) is 14.9. The summed E-state index contributed by atoms with van der Waals surface area (Å²) in [6.07, 6.45) is 0. The molecule has 0 aliphatic rings. The monoisotopic (exact) mass is 353 g/mol. The highest BCUT2D eigenvalue weighted by Crippen LogP contribution is 2.31. The molecule has 0 saturated carbocycles. The number of nitrogen functional groups attached to an aromatic ring is 1. The van der Waals surface area contributed by atoms with Crippen LogP contribution in [0.3, 0.4) is 0 Å². The molecule has 0 fully saturated rings. The maximum atomic E-state index is 13.2. The van der Waals surface area contributed by atoms with Gasteiger partial charge in [-0.05, 0) is 24.3 Å². The number of ether oxygens (including phenoxy) is 1. The van der Waals surface area contributed by atoms with Crippen molar-refractivity contribution in [3.63, 3.8) is 0 Å². The minimum Gasteiger partial charge on any atom is -0.456 e. The number of nitro groups is 1. The molecule has 0 unspecified atom stereocenters. The predicted molar refractivity (Wildman–Crippen MR) is 78.3 cm³/mol. The number of nitro benzene ring substituents is 1. The molecular weight excluding hydrogens is 345 g/mol. The molecule has 0 heterocycles. The first-order chi connectivity index (χ1) is 9.86. The van der Waals surface area contributed by atoms with Gasteiger partial charge in [-0.3, -0.25) is 15.5 Å². The van der Waals surface area contributed by atoms with Crippen LogP contribution in [0, 0.1) is 21.3 Å². The van der Waals surface area contributed by atoms with Gasteiger partial charge in [0.25, 0.3) is 5.69 Å². The lowest BCUT2D eigenvalue weighted by Crippen LogP contribution is -2.12. The summed E-state index contributed by atoms with van der Waals surface area (Å²) in [5.74, 6) is -0.622. The number of hydrogen-bond donors (Lipinski definition) is 2. The highest BCUT2D eigenvalue weighted by atomic mass is 79.9. The van der Waals surface area contributed by atoms with Crippen molar-refractivity contribution in [2.75, 3.05) is 0 Å². The smallest absolute Gasteiger partial charge is 0.274 e. The van der Waals surface area contributed by atoms with E-state index in [0.717, 1.165) is 12.1 Å². The second-order valence-electron chi connectivity index (χ2n) is 4.06. The molecule has 0 radical (unpaired) electrons. The van der Waals surface area contributed by atoms with E-state index in [2.05, 4.69) is 15.9 Å². The number of halogens is 2. The number of nitrogens with one attached hydrogen (secondary N) is 1. The molecule has 0 aliphatic carbocycles. The number of nitrogens with zero attached hydrogens (tertiary/aromatic N) is 1. The molecule has 0 saturated heterocycles. The van der Waals surface area contributed by atoms with E-state index in [0.29, 0.717) is 4.47 Å². The van der Waals surface area contributed by atoms with E-state index in [-0.39, 0.29) is 28.6 Å². The molecule has 0 aromatic heterocycles. The van der Waals surface area contributed by atoms with Gasteiger partial charge in [0.05, 0.1) is 16.6 Å². The Bertz CT molecular complexity index is 737. The van der Waals surface area contributed by atoms with Crippen molar-refractivity contribution in [3.05, 3.63) is 62.4 Å². The van der Waals surface area contributed by atoms with Crippen molar-refractivity contribution in [2.45, 2.75) is 0 Å². The fraction of sp³-hybridized carbons (Fsp3) is 0. The van der Waals surface area contributed by atoms with Gasteiger partial charge in [0.2, 0.25) is 0 Å². The Hall–Kier alpha value is -2.48. The predicted octanol–water partition coefficient (Wildman–Crippen LogP) is 3.57. The van der Waals surface area contributed by atoms with Crippen LogP contribution in [0.15, 0.2) is 40.9 Å². The molecule has 108 valence electrons. The third-order valence-corrected chi connectivity index (χ3v) is 2.98. The molecule has 8 heteroatoms. The fourth-order valence-electron chi connectivity index (χ4n) is 1.64. The topological polar surface area (TPSA) is 102 Å². The van der Waals surface area contributed by atoms with Gasteiger partial charge in [0.15, 0.2) is 0 Å². The third kappa shape index (κ3) is 3.54. The van der Waals surface area contributed by atoms with E-state index in [9.17, 15) is 14.5 Å². The zero-order valence-electron chi connectivity index (χ0n) is 10.5. The largest absolute Gasteiger partial charge is 0.456 e. The van der Waals surface area contributed by atoms with Crippen LogP contribution in [0.1, 0.15) is 5.56 Å². The maximum Gasteiger partial charge on any atom is 0.274 e. The lowest BCUT2D eigenvalue weighted by atomic mass is 10.2. The average Bonchev–Trinajstić information content (AvgIpc) is 2.40.